The van der Waals surface area contributed by atoms with Gasteiger partial charge < -0.3 is 15.4 Å². The van der Waals surface area contributed by atoms with Crippen molar-refractivity contribution in [1.82, 2.24) is 14.7 Å². The van der Waals surface area contributed by atoms with Crippen molar-refractivity contribution in [2.45, 2.75) is 51.2 Å². The van der Waals surface area contributed by atoms with Crippen LogP contribution in [0.5, 0.6) is 0 Å². The van der Waals surface area contributed by atoms with Gasteiger partial charge in [-0.05, 0) is 36.4 Å². The first kappa shape index (κ1) is 19.0. The monoisotopic (exact) mass is 371 g/mol. The van der Waals surface area contributed by atoms with Crippen LogP contribution in [0.1, 0.15) is 37.7 Å². The van der Waals surface area contributed by atoms with Crippen LogP contribution in [0, 0.1) is 10.1 Å². The third-order valence-corrected chi connectivity index (χ3v) is 5.03. The number of carbonyl (C=O) groups excluding carboxylic acids is 1. The molecule has 8 heteroatoms. The molecule has 3 rings (SSSR count). The number of carbonyl (C=O) groups is 1. The number of hydrogen-bond acceptors (Lipinski definition) is 5. The number of hydrogen-bond donors (Lipinski definition) is 1. The molecule has 1 saturated carbocycles. The summed E-state index contributed by atoms with van der Waals surface area (Å²) in [5.41, 5.74) is 1.83. The molecule has 0 aliphatic heterocycles. The Morgan fingerprint density at radius 1 is 1.30 bits per heavy atom. The van der Waals surface area contributed by atoms with E-state index in [9.17, 15) is 14.9 Å². The van der Waals surface area contributed by atoms with Crippen LogP contribution in [-0.2, 0) is 17.9 Å². The summed E-state index contributed by atoms with van der Waals surface area (Å²) in [5, 5.41) is 17.4. The minimum Gasteiger partial charge on any atom is -0.358 e. The fraction of sp³-hybridized carbons (Fsp3) is 0.474. The Morgan fingerprint density at radius 2 is 2.04 bits per heavy atom. The molecule has 144 valence electrons. The lowest BCUT2D eigenvalue weighted by Gasteiger charge is -2.31. The van der Waals surface area contributed by atoms with Gasteiger partial charge in [-0.15, -0.1) is 0 Å². The Hall–Kier alpha value is -2.74. The van der Waals surface area contributed by atoms with E-state index in [4.69, 9.17) is 0 Å². The summed E-state index contributed by atoms with van der Waals surface area (Å²) < 4.78 is 1.27. The molecule has 0 unspecified atom stereocenters. The van der Waals surface area contributed by atoms with Crippen LogP contribution in [0.25, 0.3) is 0 Å². The number of para-hydroxylation sites is 1. The lowest BCUT2D eigenvalue weighted by Crippen LogP contribution is -2.33. The number of anilines is 1. The molecule has 1 fully saturated rings. The van der Waals surface area contributed by atoms with E-state index in [1.807, 2.05) is 24.3 Å². The molecule has 0 saturated heterocycles. The van der Waals surface area contributed by atoms with Crippen LogP contribution in [0.3, 0.4) is 0 Å². The fourth-order valence-electron chi connectivity index (χ4n) is 3.57. The second-order valence-corrected chi connectivity index (χ2v) is 7.04. The van der Waals surface area contributed by atoms with Crippen LogP contribution in [0.15, 0.2) is 36.5 Å². The molecule has 0 spiro atoms. The van der Waals surface area contributed by atoms with Crippen molar-refractivity contribution >= 4 is 17.4 Å². The van der Waals surface area contributed by atoms with Crippen molar-refractivity contribution in [2.24, 2.45) is 0 Å². The van der Waals surface area contributed by atoms with Crippen LogP contribution in [0.2, 0.25) is 0 Å². The van der Waals surface area contributed by atoms with Crippen LogP contribution in [0.4, 0.5) is 11.5 Å². The van der Waals surface area contributed by atoms with E-state index in [0.29, 0.717) is 6.04 Å². The first-order valence-corrected chi connectivity index (χ1v) is 9.29. The fourth-order valence-corrected chi connectivity index (χ4v) is 3.57. The lowest BCUT2D eigenvalue weighted by molar-refractivity contribution is -0.389. The van der Waals surface area contributed by atoms with Gasteiger partial charge in [-0.3, -0.25) is 9.69 Å². The third kappa shape index (κ3) is 5.13. The van der Waals surface area contributed by atoms with Gasteiger partial charge in [0.1, 0.15) is 6.54 Å². The number of nitrogens with zero attached hydrogens (tertiary/aromatic N) is 4. The van der Waals surface area contributed by atoms with E-state index in [-0.39, 0.29) is 18.3 Å². The highest BCUT2D eigenvalue weighted by Crippen LogP contribution is 2.25. The average molecular weight is 371 g/mol. The van der Waals surface area contributed by atoms with Gasteiger partial charge in [-0.2, -0.15) is 4.68 Å². The lowest BCUT2D eigenvalue weighted by atomic mass is 9.94. The molecule has 1 aliphatic rings. The van der Waals surface area contributed by atoms with Crippen LogP contribution < -0.4 is 5.32 Å². The largest absolute Gasteiger partial charge is 0.389 e. The molecule has 1 aliphatic carbocycles. The van der Waals surface area contributed by atoms with Crippen LogP contribution in [-0.4, -0.2) is 38.6 Å². The molecule has 1 aromatic carbocycles. The standard InChI is InChI=1S/C19H25N5O3/c1-22(16-8-3-2-4-9-16)13-15-7-5-6-10-17(15)20-19(25)14-23-12-11-18(21-23)24(26)27/h5-7,10-12,16H,2-4,8-9,13-14H2,1H3,(H,20,25). The first-order chi connectivity index (χ1) is 13.0. The molecule has 27 heavy (non-hydrogen) atoms. The summed E-state index contributed by atoms with van der Waals surface area (Å²) in [5.74, 6) is -0.530. The molecule has 1 heterocycles. The zero-order valence-corrected chi connectivity index (χ0v) is 15.5. The van der Waals surface area contributed by atoms with E-state index in [1.54, 1.807) is 0 Å². The summed E-state index contributed by atoms with van der Waals surface area (Å²) in [6, 6.07) is 9.63. The zero-order chi connectivity index (χ0) is 19.2. The minimum atomic E-state index is -0.579. The first-order valence-electron chi connectivity index (χ1n) is 9.29. The van der Waals surface area contributed by atoms with E-state index >= 15 is 0 Å². The van der Waals surface area contributed by atoms with Crippen molar-refractivity contribution in [3.05, 3.63) is 52.2 Å². The summed E-state index contributed by atoms with van der Waals surface area (Å²) in [4.78, 5) is 24.8. The second-order valence-electron chi connectivity index (χ2n) is 7.04. The topological polar surface area (TPSA) is 93.3 Å². The number of nitrogens with one attached hydrogen (secondary N) is 1. The highest BCUT2D eigenvalue weighted by molar-refractivity contribution is 5.91. The molecule has 0 radical (unpaired) electrons. The molecule has 0 bridgehead atoms. The maximum atomic E-state index is 12.3. The summed E-state index contributed by atoms with van der Waals surface area (Å²) in [6.45, 7) is 0.703. The molecule has 1 N–H and O–H groups in total. The van der Waals surface area contributed by atoms with Gasteiger partial charge in [0, 0.05) is 18.3 Å². The van der Waals surface area contributed by atoms with Crippen molar-refractivity contribution in [3.8, 4) is 0 Å². The molecular weight excluding hydrogens is 346 g/mol. The van der Waals surface area contributed by atoms with Gasteiger partial charge in [0.05, 0.1) is 17.4 Å². The highest BCUT2D eigenvalue weighted by Gasteiger charge is 2.19. The van der Waals surface area contributed by atoms with Gasteiger partial charge >= 0.3 is 5.82 Å². The van der Waals surface area contributed by atoms with E-state index in [2.05, 4.69) is 22.4 Å². The van der Waals surface area contributed by atoms with Gasteiger partial charge in [0.25, 0.3) is 0 Å². The number of nitro groups is 1. The van der Waals surface area contributed by atoms with Crippen molar-refractivity contribution in [1.29, 1.82) is 0 Å². The Balaban J connectivity index is 1.62. The number of aromatic nitrogens is 2. The average Bonchev–Trinajstić information content (AvgIpc) is 3.12. The van der Waals surface area contributed by atoms with Crippen molar-refractivity contribution < 1.29 is 9.72 Å². The van der Waals surface area contributed by atoms with Gasteiger partial charge in [-0.1, -0.05) is 37.5 Å². The SMILES string of the molecule is CN(Cc1ccccc1NC(=O)Cn1ccc([N+](=O)[O-])n1)C1CCCCC1. The third-order valence-electron chi connectivity index (χ3n) is 5.03. The molecule has 8 nitrogen and oxygen atoms in total. The summed E-state index contributed by atoms with van der Waals surface area (Å²) in [6.07, 6.45) is 7.77. The maximum absolute atomic E-state index is 12.3. The van der Waals surface area contributed by atoms with Crippen LogP contribution >= 0.6 is 0 Å². The Labute approximate surface area is 158 Å². The van der Waals surface area contributed by atoms with Crippen molar-refractivity contribution in [3.63, 3.8) is 0 Å². The smallest absolute Gasteiger partial charge is 0.358 e. The minimum absolute atomic E-state index is 0.0688. The highest BCUT2D eigenvalue weighted by atomic mass is 16.6. The van der Waals surface area contributed by atoms with Gasteiger partial charge in [0.15, 0.2) is 0 Å². The number of amides is 1. The Kier molecular flexibility index (Phi) is 6.18. The second kappa shape index (κ2) is 8.77. The van der Waals surface area contributed by atoms with Gasteiger partial charge in [0.2, 0.25) is 5.91 Å². The predicted octanol–water partition coefficient (Wildman–Crippen LogP) is 3.19. The van der Waals surface area contributed by atoms with E-state index < -0.39 is 4.92 Å². The maximum Gasteiger partial charge on any atom is 0.389 e. The number of rotatable bonds is 7. The summed E-state index contributed by atoms with van der Waals surface area (Å²) >= 11 is 0. The predicted molar refractivity (Wildman–Crippen MR) is 102 cm³/mol. The Morgan fingerprint density at radius 3 is 2.74 bits per heavy atom. The van der Waals surface area contributed by atoms with Crippen molar-refractivity contribution in [2.75, 3.05) is 12.4 Å². The summed E-state index contributed by atoms with van der Waals surface area (Å²) in [7, 11) is 2.14. The molecule has 1 aromatic heterocycles. The van der Waals surface area contributed by atoms with Gasteiger partial charge in [-0.25, -0.2) is 0 Å². The number of benzene rings is 1. The molecule has 0 atom stereocenters. The molecule has 2 aromatic rings. The Bertz CT molecular complexity index is 798. The van der Waals surface area contributed by atoms with E-state index in [0.717, 1.165) is 17.8 Å². The molecular formula is C19H25N5O3. The normalized spacial score (nSPS) is 15.0. The quantitative estimate of drug-likeness (QED) is 0.596. The molecule has 1 amide bonds. The zero-order valence-electron chi connectivity index (χ0n) is 15.5. The van der Waals surface area contributed by atoms with E-state index in [1.165, 1.54) is 49.0 Å².